The molecular formula is C17H23N3O. The number of piperazine rings is 1. The highest BCUT2D eigenvalue weighted by atomic mass is 16.5. The van der Waals surface area contributed by atoms with Gasteiger partial charge in [-0.1, -0.05) is 6.07 Å². The summed E-state index contributed by atoms with van der Waals surface area (Å²) in [6.07, 6.45) is 2.58. The summed E-state index contributed by atoms with van der Waals surface area (Å²) in [5.41, 5.74) is 2.25. The minimum atomic E-state index is -0.140. The molecule has 0 aliphatic carbocycles. The van der Waals surface area contributed by atoms with Crippen LogP contribution in [0.2, 0.25) is 0 Å². The molecule has 21 heavy (non-hydrogen) atoms. The van der Waals surface area contributed by atoms with Crippen LogP contribution in [-0.2, 0) is 0 Å². The molecule has 2 heterocycles. The number of methoxy groups -OCH3 is 1. The molecule has 2 atom stereocenters. The van der Waals surface area contributed by atoms with Crippen molar-refractivity contribution in [1.82, 2.24) is 9.80 Å². The largest absolute Gasteiger partial charge is 0.497 e. The molecule has 0 bridgehead atoms. The van der Waals surface area contributed by atoms with Gasteiger partial charge >= 0.3 is 0 Å². The molecule has 0 spiro atoms. The van der Waals surface area contributed by atoms with Crippen LogP contribution in [0, 0.1) is 18.3 Å². The van der Waals surface area contributed by atoms with E-state index in [1.54, 1.807) is 7.11 Å². The van der Waals surface area contributed by atoms with Crippen LogP contribution in [0.1, 0.15) is 30.0 Å². The van der Waals surface area contributed by atoms with Crippen molar-refractivity contribution in [2.24, 2.45) is 0 Å². The van der Waals surface area contributed by atoms with Crippen LogP contribution < -0.4 is 4.74 Å². The predicted molar refractivity (Wildman–Crippen MR) is 82.3 cm³/mol. The number of nitrogens with zero attached hydrogens (tertiary/aromatic N) is 3. The Morgan fingerprint density at radius 3 is 2.90 bits per heavy atom. The zero-order valence-electron chi connectivity index (χ0n) is 12.9. The lowest BCUT2D eigenvalue weighted by atomic mass is 9.99. The van der Waals surface area contributed by atoms with Crippen molar-refractivity contribution in [3.63, 3.8) is 0 Å². The topological polar surface area (TPSA) is 39.5 Å². The number of hydrogen-bond acceptors (Lipinski definition) is 4. The van der Waals surface area contributed by atoms with Crippen LogP contribution >= 0.6 is 0 Å². The summed E-state index contributed by atoms with van der Waals surface area (Å²) >= 11 is 0. The molecule has 3 rings (SSSR count). The first-order chi connectivity index (χ1) is 10.2. The van der Waals surface area contributed by atoms with E-state index in [1.807, 2.05) is 18.2 Å². The summed E-state index contributed by atoms with van der Waals surface area (Å²) in [5.74, 6) is 0.855. The van der Waals surface area contributed by atoms with Crippen LogP contribution in [0.3, 0.4) is 0 Å². The van der Waals surface area contributed by atoms with Gasteiger partial charge in [-0.25, -0.2) is 0 Å². The Kier molecular flexibility index (Phi) is 4.14. The number of fused-ring (bicyclic) bond motifs is 1. The van der Waals surface area contributed by atoms with Crippen LogP contribution in [-0.4, -0.2) is 49.1 Å². The van der Waals surface area contributed by atoms with Crippen LogP contribution in [0.25, 0.3) is 0 Å². The van der Waals surface area contributed by atoms with Gasteiger partial charge in [0.2, 0.25) is 0 Å². The van der Waals surface area contributed by atoms with Gasteiger partial charge < -0.3 is 4.74 Å². The zero-order chi connectivity index (χ0) is 14.8. The standard InChI is InChI=1S/C17H23N3O/c1-13-10-15(21-2)5-6-16(13)17(11-18)20-9-8-19-7-3-4-14(19)12-20/h5-6,10,14,17H,3-4,7-9,12H2,1-2H3. The fourth-order valence-corrected chi connectivity index (χ4v) is 3.68. The van der Waals surface area contributed by atoms with Crippen molar-refractivity contribution in [2.75, 3.05) is 33.3 Å². The molecule has 0 aromatic heterocycles. The maximum atomic E-state index is 9.69. The Labute approximate surface area is 126 Å². The second-order valence-electron chi connectivity index (χ2n) is 6.08. The first kappa shape index (κ1) is 14.4. The molecule has 4 nitrogen and oxygen atoms in total. The first-order valence-corrected chi connectivity index (χ1v) is 7.75. The number of rotatable bonds is 3. The number of hydrogen-bond donors (Lipinski definition) is 0. The van der Waals surface area contributed by atoms with Crippen molar-refractivity contribution in [1.29, 1.82) is 5.26 Å². The molecule has 4 heteroatoms. The lowest BCUT2D eigenvalue weighted by Gasteiger charge is -2.39. The summed E-state index contributed by atoms with van der Waals surface area (Å²) in [6.45, 7) is 6.40. The van der Waals surface area contributed by atoms with Gasteiger partial charge in [-0.2, -0.15) is 5.26 Å². The Morgan fingerprint density at radius 1 is 1.33 bits per heavy atom. The summed E-state index contributed by atoms with van der Waals surface area (Å²) in [7, 11) is 1.68. The van der Waals surface area contributed by atoms with Gasteiger partial charge in [0.1, 0.15) is 11.8 Å². The number of ether oxygens (including phenoxy) is 1. The molecule has 0 amide bonds. The Morgan fingerprint density at radius 2 is 2.19 bits per heavy atom. The monoisotopic (exact) mass is 285 g/mol. The van der Waals surface area contributed by atoms with Crippen LogP contribution in [0.4, 0.5) is 0 Å². The Balaban J connectivity index is 1.80. The summed E-state index contributed by atoms with van der Waals surface area (Å²) < 4.78 is 5.26. The van der Waals surface area contributed by atoms with Crippen molar-refractivity contribution in [3.05, 3.63) is 29.3 Å². The Hall–Kier alpha value is -1.57. The van der Waals surface area contributed by atoms with Crippen molar-refractivity contribution in [3.8, 4) is 11.8 Å². The van der Waals surface area contributed by atoms with E-state index in [-0.39, 0.29) is 6.04 Å². The fraction of sp³-hybridized carbons (Fsp3) is 0.588. The van der Waals surface area contributed by atoms with E-state index >= 15 is 0 Å². The van der Waals surface area contributed by atoms with Crippen molar-refractivity contribution in [2.45, 2.75) is 31.8 Å². The van der Waals surface area contributed by atoms with E-state index in [0.717, 1.165) is 36.5 Å². The average Bonchev–Trinajstić information content (AvgIpc) is 2.97. The molecule has 2 aliphatic rings. The smallest absolute Gasteiger partial charge is 0.124 e. The van der Waals surface area contributed by atoms with Gasteiger partial charge in [-0.05, 0) is 49.6 Å². The molecule has 0 N–H and O–H groups in total. The quantitative estimate of drug-likeness (QED) is 0.854. The maximum Gasteiger partial charge on any atom is 0.124 e. The van der Waals surface area contributed by atoms with Gasteiger partial charge in [-0.3, -0.25) is 9.80 Å². The fourth-order valence-electron chi connectivity index (χ4n) is 3.68. The van der Waals surface area contributed by atoms with Crippen molar-refractivity contribution < 1.29 is 4.74 Å². The normalized spacial score (nSPS) is 24.3. The minimum absolute atomic E-state index is 0.140. The van der Waals surface area contributed by atoms with Crippen LogP contribution in [0.5, 0.6) is 5.75 Å². The summed E-state index contributed by atoms with van der Waals surface area (Å²) in [4.78, 5) is 4.92. The average molecular weight is 285 g/mol. The van der Waals surface area contributed by atoms with Gasteiger partial charge in [0.15, 0.2) is 0 Å². The molecule has 2 fully saturated rings. The maximum absolute atomic E-state index is 9.69. The molecule has 1 aromatic rings. The third kappa shape index (κ3) is 2.76. The van der Waals surface area contributed by atoms with Gasteiger partial charge in [-0.15, -0.1) is 0 Å². The third-order valence-corrected chi connectivity index (χ3v) is 4.88. The number of nitriles is 1. The Bertz CT molecular complexity index is 551. The second kappa shape index (κ2) is 6.05. The highest BCUT2D eigenvalue weighted by Crippen LogP contribution is 2.30. The first-order valence-electron chi connectivity index (χ1n) is 7.75. The van der Waals surface area contributed by atoms with E-state index in [4.69, 9.17) is 4.74 Å². The number of aryl methyl sites for hydroxylation is 1. The van der Waals surface area contributed by atoms with Gasteiger partial charge in [0, 0.05) is 25.7 Å². The molecule has 2 saturated heterocycles. The minimum Gasteiger partial charge on any atom is -0.497 e. The molecular weight excluding hydrogens is 262 g/mol. The lowest BCUT2D eigenvalue weighted by Crippen LogP contribution is -2.50. The third-order valence-electron chi connectivity index (χ3n) is 4.88. The van der Waals surface area contributed by atoms with Gasteiger partial charge in [0.05, 0.1) is 13.2 Å². The summed E-state index contributed by atoms with van der Waals surface area (Å²) in [5, 5.41) is 9.69. The van der Waals surface area contributed by atoms with Crippen LogP contribution in [0.15, 0.2) is 18.2 Å². The highest BCUT2D eigenvalue weighted by Gasteiger charge is 2.34. The van der Waals surface area contributed by atoms with Crippen molar-refractivity contribution >= 4 is 0 Å². The molecule has 2 aliphatic heterocycles. The second-order valence-corrected chi connectivity index (χ2v) is 6.08. The molecule has 0 saturated carbocycles. The van der Waals surface area contributed by atoms with E-state index < -0.39 is 0 Å². The van der Waals surface area contributed by atoms with Gasteiger partial charge in [0.25, 0.3) is 0 Å². The molecule has 1 aromatic carbocycles. The predicted octanol–water partition coefficient (Wildman–Crippen LogP) is 2.35. The molecule has 0 radical (unpaired) electrons. The van der Waals surface area contributed by atoms with E-state index in [9.17, 15) is 5.26 Å². The molecule has 2 unspecified atom stereocenters. The van der Waals surface area contributed by atoms with E-state index in [0.29, 0.717) is 6.04 Å². The number of benzene rings is 1. The SMILES string of the molecule is COc1ccc(C(C#N)N2CCN3CCCC3C2)c(C)c1. The highest BCUT2D eigenvalue weighted by molar-refractivity contribution is 5.38. The van der Waals surface area contributed by atoms with E-state index in [1.165, 1.54) is 19.4 Å². The van der Waals surface area contributed by atoms with E-state index in [2.05, 4.69) is 22.8 Å². The zero-order valence-corrected chi connectivity index (χ0v) is 12.9. The molecule has 112 valence electrons. The lowest BCUT2D eigenvalue weighted by molar-refractivity contribution is 0.0874. The summed E-state index contributed by atoms with van der Waals surface area (Å²) in [6, 6.07) is 9.04.